The van der Waals surface area contributed by atoms with E-state index in [0.29, 0.717) is 0 Å². The van der Waals surface area contributed by atoms with E-state index in [1.54, 1.807) is 24.8 Å². The molecule has 0 bridgehead atoms. The number of carbonyl (C=O) groups excluding carboxylic acids is 1. The van der Waals surface area contributed by atoms with Crippen LogP contribution in [0.25, 0.3) is 0 Å². The summed E-state index contributed by atoms with van der Waals surface area (Å²) in [4.78, 5) is 11.3. The average Bonchev–Trinajstić information content (AvgIpc) is 2.55. The van der Waals surface area contributed by atoms with Crippen LogP contribution in [0.3, 0.4) is 0 Å². The third kappa shape index (κ3) is 8.95. The van der Waals surface area contributed by atoms with Crippen molar-refractivity contribution in [1.29, 1.82) is 0 Å². The van der Waals surface area contributed by atoms with E-state index in [4.69, 9.17) is 0 Å². The lowest BCUT2D eigenvalue weighted by atomic mass is 10.0. The molecule has 1 unspecified atom stereocenters. The van der Waals surface area contributed by atoms with Crippen molar-refractivity contribution in [1.82, 2.24) is 5.32 Å². The number of ketones is 1. The molecule has 0 aliphatic rings. The average molecular weight is 327 g/mol. The lowest BCUT2D eigenvalue weighted by Crippen LogP contribution is -2.21. The Bertz CT molecular complexity index is 581. The SMILES string of the molecule is C=CCSC(=CC(C)=O)NCC(C#Cc1ccccc1)CCC. The summed E-state index contributed by atoms with van der Waals surface area (Å²) in [7, 11) is 0. The van der Waals surface area contributed by atoms with Crippen molar-refractivity contribution >= 4 is 17.5 Å². The van der Waals surface area contributed by atoms with Crippen LogP contribution >= 0.6 is 11.8 Å². The Morgan fingerprint density at radius 2 is 2.13 bits per heavy atom. The molecule has 0 radical (unpaired) electrons. The molecule has 0 fully saturated rings. The molecule has 2 nitrogen and oxygen atoms in total. The predicted octanol–water partition coefficient (Wildman–Crippen LogP) is 4.39. The quantitative estimate of drug-likeness (QED) is 0.414. The monoisotopic (exact) mass is 327 g/mol. The summed E-state index contributed by atoms with van der Waals surface area (Å²) in [5, 5.41) is 4.25. The van der Waals surface area contributed by atoms with E-state index in [1.807, 2.05) is 36.4 Å². The zero-order valence-electron chi connectivity index (χ0n) is 14.0. The molecular formula is C20H25NOS. The van der Waals surface area contributed by atoms with Gasteiger partial charge < -0.3 is 5.32 Å². The second-order valence-electron chi connectivity index (χ2n) is 5.22. The molecule has 1 aromatic rings. The molecule has 3 heteroatoms. The standard InChI is InChI=1S/C20H25NOS/c1-4-9-19(13-12-18-10-7-6-8-11-18)16-21-20(15-17(3)22)23-14-5-2/h5-8,10-11,15,19,21H,2,4,9,14,16H2,1,3H3. The molecule has 0 aromatic heterocycles. The Morgan fingerprint density at radius 3 is 2.74 bits per heavy atom. The Hall–Kier alpha value is -1.92. The second-order valence-corrected chi connectivity index (χ2v) is 6.28. The van der Waals surface area contributed by atoms with Crippen LogP contribution < -0.4 is 5.32 Å². The minimum atomic E-state index is 0.0477. The van der Waals surface area contributed by atoms with Crippen LogP contribution in [0, 0.1) is 17.8 Å². The van der Waals surface area contributed by atoms with E-state index >= 15 is 0 Å². The fourth-order valence-electron chi connectivity index (χ4n) is 1.98. The lowest BCUT2D eigenvalue weighted by molar-refractivity contribution is -0.112. The number of allylic oxidation sites excluding steroid dienone is 1. The molecule has 0 aliphatic heterocycles. The van der Waals surface area contributed by atoms with Gasteiger partial charge in [0.1, 0.15) is 0 Å². The second kappa shape index (κ2) is 11.6. The van der Waals surface area contributed by atoms with Crippen LogP contribution in [0.1, 0.15) is 32.3 Å². The van der Waals surface area contributed by atoms with Crippen molar-refractivity contribution < 1.29 is 4.79 Å². The molecule has 1 N–H and O–H groups in total. The fraction of sp³-hybridized carbons (Fsp3) is 0.350. The minimum absolute atomic E-state index is 0.0477. The van der Waals surface area contributed by atoms with Gasteiger partial charge in [-0.1, -0.05) is 49.5 Å². The van der Waals surface area contributed by atoms with Crippen LogP contribution in [0.15, 0.2) is 54.1 Å². The third-order valence-corrected chi connectivity index (χ3v) is 4.02. The maximum Gasteiger partial charge on any atom is 0.155 e. The summed E-state index contributed by atoms with van der Waals surface area (Å²) in [5.74, 6) is 7.68. The summed E-state index contributed by atoms with van der Waals surface area (Å²) < 4.78 is 0. The summed E-state index contributed by atoms with van der Waals surface area (Å²) >= 11 is 1.59. The normalized spacial score (nSPS) is 12.0. The highest BCUT2D eigenvalue weighted by atomic mass is 32.2. The van der Waals surface area contributed by atoms with Crippen molar-refractivity contribution in [2.24, 2.45) is 5.92 Å². The maximum absolute atomic E-state index is 11.3. The van der Waals surface area contributed by atoms with Gasteiger partial charge in [0.2, 0.25) is 0 Å². The number of nitrogens with one attached hydrogen (secondary N) is 1. The van der Waals surface area contributed by atoms with Gasteiger partial charge in [-0.15, -0.1) is 18.3 Å². The van der Waals surface area contributed by atoms with Crippen LogP contribution in [-0.4, -0.2) is 18.1 Å². The van der Waals surface area contributed by atoms with E-state index in [9.17, 15) is 4.79 Å². The highest BCUT2D eigenvalue weighted by molar-refractivity contribution is 8.03. The van der Waals surface area contributed by atoms with Crippen LogP contribution in [0.2, 0.25) is 0 Å². The minimum Gasteiger partial charge on any atom is -0.379 e. The first-order valence-electron chi connectivity index (χ1n) is 7.92. The summed E-state index contributed by atoms with van der Waals surface area (Å²) in [6, 6.07) is 10.0. The summed E-state index contributed by atoms with van der Waals surface area (Å²) in [6.45, 7) is 8.19. The number of carbonyl (C=O) groups is 1. The Balaban J connectivity index is 2.69. The molecule has 0 aliphatic carbocycles. The van der Waals surface area contributed by atoms with E-state index in [0.717, 1.165) is 35.7 Å². The molecule has 0 saturated heterocycles. The van der Waals surface area contributed by atoms with Gasteiger partial charge in [0.05, 0.1) is 5.03 Å². The molecule has 0 spiro atoms. The summed E-state index contributed by atoms with van der Waals surface area (Å²) in [5.41, 5.74) is 1.04. The molecule has 0 amide bonds. The van der Waals surface area contributed by atoms with Crippen LogP contribution in [0.5, 0.6) is 0 Å². The number of thioether (sulfide) groups is 1. The van der Waals surface area contributed by atoms with Gasteiger partial charge in [0.25, 0.3) is 0 Å². The molecule has 122 valence electrons. The molecule has 0 heterocycles. The molecule has 1 atom stereocenters. The fourth-order valence-corrected chi connectivity index (χ4v) is 2.71. The predicted molar refractivity (Wildman–Crippen MR) is 101 cm³/mol. The van der Waals surface area contributed by atoms with E-state index in [2.05, 4.69) is 30.7 Å². The Labute approximate surface area is 144 Å². The number of rotatable bonds is 9. The van der Waals surface area contributed by atoms with Gasteiger partial charge in [0, 0.05) is 29.9 Å². The molecule has 23 heavy (non-hydrogen) atoms. The van der Waals surface area contributed by atoms with E-state index < -0.39 is 0 Å². The molecule has 1 rings (SSSR count). The van der Waals surface area contributed by atoms with E-state index in [1.165, 1.54) is 0 Å². The topological polar surface area (TPSA) is 29.1 Å². The summed E-state index contributed by atoms with van der Waals surface area (Å²) in [6.07, 6.45) is 5.59. The van der Waals surface area contributed by atoms with Gasteiger partial charge in [-0.25, -0.2) is 0 Å². The Kier molecular flexibility index (Phi) is 9.66. The van der Waals surface area contributed by atoms with Crippen LogP contribution in [0.4, 0.5) is 0 Å². The molecule has 1 aromatic carbocycles. The van der Waals surface area contributed by atoms with Crippen molar-refractivity contribution in [3.63, 3.8) is 0 Å². The highest BCUT2D eigenvalue weighted by Crippen LogP contribution is 2.14. The first kappa shape index (κ1) is 19.1. The first-order valence-corrected chi connectivity index (χ1v) is 8.90. The largest absolute Gasteiger partial charge is 0.379 e. The highest BCUT2D eigenvalue weighted by Gasteiger charge is 2.06. The van der Waals surface area contributed by atoms with Gasteiger partial charge in [-0.05, 0) is 25.5 Å². The van der Waals surface area contributed by atoms with Gasteiger partial charge in [-0.2, -0.15) is 0 Å². The third-order valence-electron chi connectivity index (χ3n) is 3.05. The number of hydrogen-bond donors (Lipinski definition) is 1. The van der Waals surface area contributed by atoms with Crippen molar-refractivity contribution in [3.05, 3.63) is 59.7 Å². The van der Waals surface area contributed by atoms with E-state index in [-0.39, 0.29) is 11.7 Å². The van der Waals surface area contributed by atoms with Crippen LogP contribution in [-0.2, 0) is 4.79 Å². The van der Waals surface area contributed by atoms with Crippen molar-refractivity contribution in [2.45, 2.75) is 26.7 Å². The zero-order chi connectivity index (χ0) is 16.9. The number of benzene rings is 1. The van der Waals surface area contributed by atoms with Crippen molar-refractivity contribution in [3.8, 4) is 11.8 Å². The van der Waals surface area contributed by atoms with Gasteiger partial charge in [0.15, 0.2) is 5.78 Å². The Morgan fingerprint density at radius 1 is 1.39 bits per heavy atom. The maximum atomic E-state index is 11.3. The molecular weight excluding hydrogens is 302 g/mol. The van der Waals surface area contributed by atoms with Gasteiger partial charge >= 0.3 is 0 Å². The van der Waals surface area contributed by atoms with Crippen molar-refractivity contribution in [2.75, 3.05) is 12.3 Å². The van der Waals surface area contributed by atoms with Gasteiger partial charge in [-0.3, -0.25) is 4.79 Å². The number of hydrogen-bond acceptors (Lipinski definition) is 3. The lowest BCUT2D eigenvalue weighted by Gasteiger charge is -2.14. The zero-order valence-corrected chi connectivity index (χ0v) is 14.8. The first-order chi connectivity index (χ1) is 11.2. The smallest absolute Gasteiger partial charge is 0.155 e. The molecule has 0 saturated carbocycles.